The Bertz CT molecular complexity index is 3240. The first kappa shape index (κ1) is 34.2. The normalized spacial score (nSPS) is 14.2. The Kier molecular flexibility index (Phi) is 7.45. The molecule has 59 heavy (non-hydrogen) atoms. The van der Waals surface area contributed by atoms with E-state index in [1.807, 2.05) is 0 Å². The second kappa shape index (κ2) is 12.8. The SMILES string of the molecule is CC1(C)c2ccccc2-c2cc3c(cc21)c1ccccc1n3-c1ccc(-c2nc(-c3ccccc3)nc3[c]2[Ge]([c]2ccccc2)([c]2ccccc2)[c]2ccccc2-3)cc1. The van der Waals surface area contributed by atoms with E-state index in [-0.39, 0.29) is 5.41 Å². The van der Waals surface area contributed by atoms with Gasteiger partial charge in [-0.25, -0.2) is 0 Å². The van der Waals surface area contributed by atoms with E-state index >= 15 is 0 Å². The molecule has 0 radical (unpaired) electrons. The second-order valence-corrected chi connectivity index (χ2v) is 24.2. The maximum absolute atomic E-state index is 5.61. The minimum atomic E-state index is -3.69. The van der Waals surface area contributed by atoms with Crippen LogP contribution in [0.2, 0.25) is 0 Å². The van der Waals surface area contributed by atoms with Crippen molar-refractivity contribution in [1.29, 1.82) is 0 Å². The zero-order valence-electron chi connectivity index (χ0n) is 32.9. The van der Waals surface area contributed by atoms with Crippen LogP contribution in [0, 0.1) is 0 Å². The third-order valence-corrected chi connectivity index (χ3v) is 23.3. The Morgan fingerprint density at radius 2 is 1.03 bits per heavy atom. The van der Waals surface area contributed by atoms with Gasteiger partial charge in [0.15, 0.2) is 0 Å². The van der Waals surface area contributed by atoms with E-state index in [9.17, 15) is 0 Å². The maximum atomic E-state index is 5.61. The first-order chi connectivity index (χ1) is 29.0. The van der Waals surface area contributed by atoms with Crippen LogP contribution >= 0.6 is 0 Å². The fourth-order valence-corrected chi connectivity index (χ4v) is 21.4. The van der Waals surface area contributed by atoms with Gasteiger partial charge in [-0.05, 0) is 0 Å². The van der Waals surface area contributed by atoms with E-state index in [0.29, 0.717) is 0 Å². The Hall–Kier alpha value is -6.82. The van der Waals surface area contributed by atoms with Crippen LogP contribution in [-0.4, -0.2) is 27.8 Å². The Balaban J connectivity index is 1.12. The number of aromatic nitrogens is 3. The topological polar surface area (TPSA) is 30.7 Å². The summed E-state index contributed by atoms with van der Waals surface area (Å²) in [5, 5.41) is 2.55. The third kappa shape index (κ3) is 4.83. The van der Waals surface area contributed by atoms with Gasteiger partial charge in [-0.2, -0.15) is 0 Å². The van der Waals surface area contributed by atoms with Crippen LogP contribution in [0.5, 0.6) is 0 Å². The Morgan fingerprint density at radius 1 is 0.441 bits per heavy atom. The van der Waals surface area contributed by atoms with Crippen LogP contribution in [-0.2, 0) is 5.41 Å². The molecule has 4 heteroatoms. The van der Waals surface area contributed by atoms with Crippen molar-refractivity contribution in [1.82, 2.24) is 14.5 Å². The summed E-state index contributed by atoms with van der Waals surface area (Å²) in [6.45, 7) is 4.72. The van der Waals surface area contributed by atoms with Crippen molar-refractivity contribution in [2.24, 2.45) is 0 Å². The molecule has 0 spiro atoms. The molecule has 1 aliphatic carbocycles. The van der Waals surface area contributed by atoms with E-state index in [1.165, 1.54) is 67.2 Å². The van der Waals surface area contributed by atoms with Gasteiger partial charge in [-0.3, -0.25) is 0 Å². The van der Waals surface area contributed by atoms with Crippen molar-refractivity contribution in [3.8, 4) is 50.7 Å². The summed E-state index contributed by atoms with van der Waals surface area (Å²) < 4.78 is 7.90. The average molecular weight is 815 g/mol. The van der Waals surface area contributed by atoms with Gasteiger partial charge in [0.1, 0.15) is 0 Å². The van der Waals surface area contributed by atoms with Gasteiger partial charge in [0.05, 0.1) is 0 Å². The van der Waals surface area contributed by atoms with Crippen molar-refractivity contribution in [2.75, 3.05) is 0 Å². The van der Waals surface area contributed by atoms with Gasteiger partial charge in [0.2, 0.25) is 0 Å². The summed E-state index contributed by atoms with van der Waals surface area (Å²) in [6, 6.07) is 73.7. The van der Waals surface area contributed by atoms with Crippen molar-refractivity contribution in [3.05, 3.63) is 211 Å². The summed E-state index contributed by atoms with van der Waals surface area (Å²) >= 11 is -3.69. The number of nitrogens with zero attached hydrogens (tertiary/aromatic N) is 3. The number of para-hydroxylation sites is 1. The molecule has 0 saturated heterocycles. The average Bonchev–Trinajstić information content (AvgIpc) is 3.87. The molecule has 10 aromatic rings. The second-order valence-electron chi connectivity index (χ2n) is 16.5. The predicted molar refractivity (Wildman–Crippen MR) is 247 cm³/mol. The molecule has 8 aromatic carbocycles. The van der Waals surface area contributed by atoms with Gasteiger partial charge >= 0.3 is 316 Å². The zero-order valence-corrected chi connectivity index (χ0v) is 35.0. The van der Waals surface area contributed by atoms with Crippen LogP contribution in [0.3, 0.4) is 0 Å². The molecule has 0 N–H and O–H groups in total. The standard InChI is InChI=1S/C55H39GeN3/c1-55(2)46-27-15-12-24-41(46)44-35-50-45(34-47(44)55)42-25-14-17-29-49(42)59(50)40-32-30-36(31-33-40)52-51-53(58-54(57-52)37-18-6-3-7-19-37)43-26-13-16-28-48(43)56(51,38-20-8-4-9-21-38)39-22-10-5-11-23-39/h3-35H,1-2H3. The van der Waals surface area contributed by atoms with Crippen LogP contribution in [0.1, 0.15) is 25.0 Å². The first-order valence-electron chi connectivity index (χ1n) is 20.5. The van der Waals surface area contributed by atoms with Gasteiger partial charge in [-0.1, -0.05) is 32.0 Å². The molecular formula is C55H39GeN3. The summed E-state index contributed by atoms with van der Waals surface area (Å²) in [7, 11) is 0. The molecule has 2 aliphatic rings. The summed E-state index contributed by atoms with van der Waals surface area (Å²) in [5.74, 6) is 0.747. The molecule has 3 nitrogen and oxygen atoms in total. The minimum absolute atomic E-state index is 0.0692. The van der Waals surface area contributed by atoms with Gasteiger partial charge < -0.3 is 0 Å². The fourth-order valence-electron chi connectivity index (χ4n) is 10.4. The molecule has 278 valence electrons. The summed E-state index contributed by atoms with van der Waals surface area (Å²) in [5.41, 5.74) is 14.3. The van der Waals surface area contributed by atoms with Crippen molar-refractivity contribution in [3.63, 3.8) is 0 Å². The van der Waals surface area contributed by atoms with Crippen LogP contribution in [0.15, 0.2) is 200 Å². The first-order valence-corrected chi connectivity index (χ1v) is 24.7. The van der Waals surface area contributed by atoms with E-state index < -0.39 is 13.3 Å². The monoisotopic (exact) mass is 815 g/mol. The third-order valence-electron chi connectivity index (χ3n) is 13.1. The molecule has 0 saturated carbocycles. The number of hydrogen-bond acceptors (Lipinski definition) is 2. The molecule has 0 atom stereocenters. The summed E-state index contributed by atoms with van der Waals surface area (Å²) in [4.78, 5) is 11.1. The number of benzene rings is 8. The van der Waals surface area contributed by atoms with Crippen LogP contribution in [0.25, 0.3) is 72.5 Å². The number of hydrogen-bond donors (Lipinski definition) is 0. The van der Waals surface area contributed by atoms with Crippen molar-refractivity contribution < 1.29 is 0 Å². The van der Waals surface area contributed by atoms with Crippen molar-refractivity contribution in [2.45, 2.75) is 19.3 Å². The fraction of sp³-hybridized carbons (Fsp3) is 0.0545. The van der Waals surface area contributed by atoms with Crippen LogP contribution < -0.4 is 17.6 Å². The van der Waals surface area contributed by atoms with Crippen molar-refractivity contribution >= 4 is 52.7 Å². The van der Waals surface area contributed by atoms with E-state index in [2.05, 4.69) is 219 Å². The Labute approximate surface area is 346 Å². The van der Waals surface area contributed by atoms with E-state index in [1.54, 1.807) is 0 Å². The molecule has 0 bridgehead atoms. The van der Waals surface area contributed by atoms with E-state index in [4.69, 9.17) is 9.97 Å². The van der Waals surface area contributed by atoms with Gasteiger partial charge in [0, 0.05) is 0 Å². The van der Waals surface area contributed by atoms with Crippen LogP contribution in [0.4, 0.5) is 0 Å². The van der Waals surface area contributed by atoms with E-state index in [0.717, 1.165) is 34.0 Å². The predicted octanol–water partition coefficient (Wildman–Crippen LogP) is 10.6. The number of rotatable bonds is 5. The molecule has 0 unspecified atom stereocenters. The zero-order chi connectivity index (χ0) is 39.3. The van der Waals surface area contributed by atoms with Gasteiger partial charge in [0.25, 0.3) is 0 Å². The van der Waals surface area contributed by atoms with Gasteiger partial charge in [-0.15, -0.1) is 0 Å². The summed E-state index contributed by atoms with van der Waals surface area (Å²) in [6.07, 6.45) is 0. The quantitative estimate of drug-likeness (QED) is 0.162. The molecule has 0 fully saturated rings. The molecule has 2 aromatic heterocycles. The molecular weight excluding hydrogens is 775 g/mol. The Morgan fingerprint density at radius 3 is 1.76 bits per heavy atom. The molecule has 12 rings (SSSR count). The number of fused-ring (bicyclic) bond motifs is 9. The molecule has 1 aliphatic heterocycles. The molecule has 3 heterocycles. The molecule has 0 amide bonds.